The molecule has 0 bridgehead atoms. The Bertz CT molecular complexity index is 412. The Hall–Kier alpha value is -0.180. The molecule has 0 rings (SSSR count). The lowest BCUT2D eigenvalue weighted by Crippen LogP contribution is -2.13. The molecule has 8 heteroatoms. The Kier molecular flexibility index (Phi) is 12.2. The number of hydrogen-bond donors (Lipinski definition) is 0. The summed E-state index contributed by atoms with van der Waals surface area (Å²) in [4.78, 5) is 0. The second kappa shape index (κ2) is 12.3. The molecule has 6 nitrogen and oxygen atoms in total. The summed E-state index contributed by atoms with van der Waals surface area (Å²) in [6, 6.07) is 0. The van der Waals surface area contributed by atoms with Gasteiger partial charge in [-0.15, -0.1) is 0 Å². The van der Waals surface area contributed by atoms with Crippen molar-refractivity contribution in [2.75, 3.05) is 24.7 Å². The van der Waals surface area contributed by atoms with Crippen molar-refractivity contribution in [1.29, 1.82) is 0 Å². The fraction of sp³-hybridized carbons (Fsp3) is 1.00. The van der Waals surface area contributed by atoms with Gasteiger partial charge in [0.05, 0.1) is 24.7 Å². The van der Waals surface area contributed by atoms with Gasteiger partial charge in [-0.05, 0) is 25.7 Å². The molecule has 0 aromatic rings. The molecule has 0 aromatic carbocycles. The van der Waals surface area contributed by atoms with E-state index in [1.807, 2.05) is 13.8 Å². The molecule has 0 aliphatic heterocycles. The van der Waals surface area contributed by atoms with E-state index >= 15 is 0 Å². The third-order valence-corrected chi connectivity index (χ3v) is 5.69. The van der Waals surface area contributed by atoms with E-state index in [0.29, 0.717) is 25.7 Å². The summed E-state index contributed by atoms with van der Waals surface area (Å²) >= 11 is 0. The molecule has 0 N–H and O–H groups in total. The van der Waals surface area contributed by atoms with E-state index in [0.717, 1.165) is 25.7 Å². The average Bonchev–Trinajstić information content (AvgIpc) is 2.43. The third-order valence-electron chi connectivity index (χ3n) is 3.06. The van der Waals surface area contributed by atoms with Gasteiger partial charge in [-0.1, -0.05) is 39.5 Å². The third kappa shape index (κ3) is 13.5. The smallest absolute Gasteiger partial charge is 0.267 e. The summed E-state index contributed by atoms with van der Waals surface area (Å²) in [5.41, 5.74) is 0. The van der Waals surface area contributed by atoms with Crippen molar-refractivity contribution >= 4 is 20.2 Å². The molecule has 134 valence electrons. The van der Waals surface area contributed by atoms with Crippen LogP contribution in [0, 0.1) is 0 Å². The Labute approximate surface area is 135 Å². The minimum atomic E-state index is -3.44. The van der Waals surface area contributed by atoms with E-state index in [1.54, 1.807) is 0 Å². The quantitative estimate of drug-likeness (QED) is 0.330. The normalized spacial score (nSPS) is 12.6. The molecular formula is C14H30O6S2. The first-order valence-electron chi connectivity index (χ1n) is 8.07. The standard InChI is InChI=1S/C14H30O6S2/c1-3-5-9-13-21(15,16)19-11-7-8-12-20-22(17,18)14-10-6-4-2/h3-14H2,1-2H3. The van der Waals surface area contributed by atoms with Crippen molar-refractivity contribution in [2.24, 2.45) is 0 Å². The molecular weight excluding hydrogens is 328 g/mol. The number of rotatable bonds is 15. The van der Waals surface area contributed by atoms with Crippen molar-refractivity contribution in [3.63, 3.8) is 0 Å². The van der Waals surface area contributed by atoms with E-state index in [1.165, 1.54) is 0 Å². The Balaban J connectivity index is 3.68. The first-order valence-corrected chi connectivity index (χ1v) is 11.2. The molecule has 0 amide bonds. The molecule has 22 heavy (non-hydrogen) atoms. The van der Waals surface area contributed by atoms with Gasteiger partial charge in [0.2, 0.25) is 0 Å². The van der Waals surface area contributed by atoms with Crippen LogP contribution in [0.3, 0.4) is 0 Å². The number of hydrogen-bond acceptors (Lipinski definition) is 6. The molecule has 0 spiro atoms. The summed E-state index contributed by atoms with van der Waals surface area (Å²) in [6.07, 6.45) is 5.78. The van der Waals surface area contributed by atoms with Crippen molar-refractivity contribution < 1.29 is 25.2 Å². The predicted octanol–water partition coefficient (Wildman–Crippen LogP) is 2.84. The Morgan fingerprint density at radius 2 is 0.955 bits per heavy atom. The summed E-state index contributed by atoms with van der Waals surface area (Å²) < 4.78 is 55.7. The van der Waals surface area contributed by atoms with Crippen molar-refractivity contribution in [3.05, 3.63) is 0 Å². The van der Waals surface area contributed by atoms with Crippen LogP contribution in [-0.2, 0) is 28.6 Å². The van der Waals surface area contributed by atoms with E-state index in [4.69, 9.17) is 8.37 Å². The highest BCUT2D eigenvalue weighted by atomic mass is 32.2. The molecule has 0 aliphatic rings. The molecule has 0 aliphatic carbocycles. The highest BCUT2D eigenvalue weighted by molar-refractivity contribution is 7.86. The van der Waals surface area contributed by atoms with Crippen molar-refractivity contribution in [2.45, 2.75) is 65.2 Å². The van der Waals surface area contributed by atoms with Gasteiger partial charge in [-0.25, -0.2) is 0 Å². The fourth-order valence-electron chi connectivity index (χ4n) is 1.75. The number of unbranched alkanes of at least 4 members (excludes halogenated alkanes) is 5. The second-order valence-electron chi connectivity index (χ2n) is 5.29. The summed E-state index contributed by atoms with van der Waals surface area (Å²) in [7, 11) is -6.89. The highest BCUT2D eigenvalue weighted by Crippen LogP contribution is 2.05. The van der Waals surface area contributed by atoms with Crippen LogP contribution in [0.25, 0.3) is 0 Å². The summed E-state index contributed by atoms with van der Waals surface area (Å²) in [5.74, 6) is 0.0896. The molecule has 0 fully saturated rings. The molecule has 0 unspecified atom stereocenters. The van der Waals surface area contributed by atoms with Crippen LogP contribution in [0.15, 0.2) is 0 Å². The van der Waals surface area contributed by atoms with Crippen LogP contribution in [-0.4, -0.2) is 41.6 Å². The SMILES string of the molecule is CCCCCS(=O)(=O)OCCCCOS(=O)(=O)CCCCC. The lowest BCUT2D eigenvalue weighted by Gasteiger charge is -2.06. The van der Waals surface area contributed by atoms with Crippen LogP contribution < -0.4 is 0 Å². The first kappa shape index (κ1) is 21.8. The van der Waals surface area contributed by atoms with Crippen molar-refractivity contribution in [3.8, 4) is 0 Å². The van der Waals surface area contributed by atoms with Gasteiger partial charge in [0, 0.05) is 0 Å². The Morgan fingerprint density at radius 3 is 1.27 bits per heavy atom. The predicted molar refractivity (Wildman–Crippen MR) is 87.8 cm³/mol. The molecule has 0 atom stereocenters. The lowest BCUT2D eigenvalue weighted by atomic mass is 10.3. The van der Waals surface area contributed by atoms with Gasteiger partial charge in [0.25, 0.3) is 20.2 Å². The zero-order chi connectivity index (χ0) is 16.9. The van der Waals surface area contributed by atoms with Gasteiger partial charge in [-0.3, -0.25) is 8.37 Å². The molecule has 0 saturated heterocycles. The largest absolute Gasteiger partial charge is 0.270 e. The van der Waals surface area contributed by atoms with Crippen LogP contribution >= 0.6 is 0 Å². The van der Waals surface area contributed by atoms with Crippen LogP contribution in [0.2, 0.25) is 0 Å². The highest BCUT2D eigenvalue weighted by Gasteiger charge is 2.12. The maximum Gasteiger partial charge on any atom is 0.267 e. The van der Waals surface area contributed by atoms with Gasteiger partial charge in [0.1, 0.15) is 0 Å². The zero-order valence-electron chi connectivity index (χ0n) is 13.8. The first-order chi connectivity index (χ1) is 10.3. The van der Waals surface area contributed by atoms with Crippen LogP contribution in [0.1, 0.15) is 65.2 Å². The maximum absolute atomic E-state index is 11.5. The molecule has 0 saturated carbocycles. The Morgan fingerprint density at radius 1 is 0.591 bits per heavy atom. The fourth-order valence-corrected chi connectivity index (χ4v) is 3.85. The minimum absolute atomic E-state index is 0.0448. The molecule has 0 aromatic heterocycles. The van der Waals surface area contributed by atoms with Gasteiger partial charge in [-0.2, -0.15) is 16.8 Å². The van der Waals surface area contributed by atoms with Gasteiger partial charge in [0.15, 0.2) is 0 Å². The van der Waals surface area contributed by atoms with Crippen LogP contribution in [0.4, 0.5) is 0 Å². The van der Waals surface area contributed by atoms with Crippen molar-refractivity contribution in [1.82, 2.24) is 0 Å². The second-order valence-corrected chi connectivity index (χ2v) is 8.81. The summed E-state index contributed by atoms with van der Waals surface area (Å²) in [6.45, 7) is 4.16. The summed E-state index contributed by atoms with van der Waals surface area (Å²) in [5, 5.41) is 0. The van der Waals surface area contributed by atoms with Crippen LogP contribution in [0.5, 0.6) is 0 Å². The molecule has 0 radical (unpaired) electrons. The average molecular weight is 359 g/mol. The molecule has 0 heterocycles. The van der Waals surface area contributed by atoms with Gasteiger partial charge >= 0.3 is 0 Å². The van der Waals surface area contributed by atoms with E-state index < -0.39 is 20.2 Å². The van der Waals surface area contributed by atoms with Gasteiger partial charge < -0.3 is 0 Å². The van der Waals surface area contributed by atoms with E-state index in [-0.39, 0.29) is 24.7 Å². The maximum atomic E-state index is 11.5. The zero-order valence-corrected chi connectivity index (χ0v) is 15.4. The monoisotopic (exact) mass is 358 g/mol. The minimum Gasteiger partial charge on any atom is -0.270 e. The van der Waals surface area contributed by atoms with E-state index in [9.17, 15) is 16.8 Å². The lowest BCUT2D eigenvalue weighted by molar-refractivity contribution is 0.270. The van der Waals surface area contributed by atoms with E-state index in [2.05, 4.69) is 0 Å². The topological polar surface area (TPSA) is 86.7 Å².